The SMILES string of the molecule is CCC(=O)OS(=O)(=O)c1ccccn1. The van der Waals surface area contributed by atoms with Crippen LogP contribution in [0.3, 0.4) is 0 Å². The summed E-state index contributed by atoms with van der Waals surface area (Å²) < 4.78 is 26.8. The average Bonchev–Trinajstić information content (AvgIpc) is 2.18. The molecule has 0 fully saturated rings. The summed E-state index contributed by atoms with van der Waals surface area (Å²) in [6.07, 6.45) is 1.32. The quantitative estimate of drug-likeness (QED) is 0.695. The molecule has 6 heteroatoms. The maximum Gasteiger partial charge on any atom is 0.359 e. The van der Waals surface area contributed by atoms with Crippen molar-refractivity contribution in [2.75, 3.05) is 0 Å². The molecule has 0 aromatic carbocycles. The highest BCUT2D eigenvalue weighted by atomic mass is 32.2. The minimum absolute atomic E-state index is 0.00602. The molecule has 0 aliphatic carbocycles. The van der Waals surface area contributed by atoms with E-state index in [1.54, 1.807) is 6.07 Å². The molecule has 1 aromatic heterocycles. The lowest BCUT2D eigenvalue weighted by Crippen LogP contribution is -2.13. The molecule has 0 saturated carbocycles. The zero-order valence-electron chi connectivity index (χ0n) is 7.50. The molecule has 1 heterocycles. The number of rotatable bonds is 3. The molecule has 0 aliphatic heterocycles. The van der Waals surface area contributed by atoms with Crippen LogP contribution in [-0.4, -0.2) is 19.4 Å². The van der Waals surface area contributed by atoms with Gasteiger partial charge in [0, 0.05) is 12.6 Å². The fourth-order valence-corrected chi connectivity index (χ4v) is 1.60. The van der Waals surface area contributed by atoms with Crippen LogP contribution in [0, 0.1) is 0 Å². The lowest BCUT2D eigenvalue weighted by atomic mass is 10.5. The van der Waals surface area contributed by atoms with Gasteiger partial charge in [-0.15, -0.1) is 0 Å². The third-order valence-corrected chi connectivity index (χ3v) is 2.54. The predicted octanol–water partition coefficient (Wildman–Crippen LogP) is 0.724. The summed E-state index contributed by atoms with van der Waals surface area (Å²) in [6, 6.07) is 4.33. The van der Waals surface area contributed by atoms with E-state index in [0.29, 0.717) is 0 Å². The number of hydrogen-bond donors (Lipinski definition) is 0. The molecule has 1 rings (SSSR count). The molecular weight excluding hydrogens is 206 g/mol. The molecule has 5 nitrogen and oxygen atoms in total. The van der Waals surface area contributed by atoms with Gasteiger partial charge in [-0.1, -0.05) is 13.0 Å². The third-order valence-electron chi connectivity index (χ3n) is 1.39. The van der Waals surface area contributed by atoms with Crippen molar-refractivity contribution in [1.82, 2.24) is 4.98 Å². The largest absolute Gasteiger partial charge is 0.359 e. The molecule has 0 spiro atoms. The fourth-order valence-electron chi connectivity index (χ4n) is 0.719. The Hall–Kier alpha value is -1.43. The second-order valence-corrected chi connectivity index (χ2v) is 3.92. The highest BCUT2D eigenvalue weighted by Gasteiger charge is 2.19. The minimum atomic E-state index is -4.03. The van der Waals surface area contributed by atoms with Crippen molar-refractivity contribution < 1.29 is 17.4 Å². The summed E-state index contributed by atoms with van der Waals surface area (Å²) in [5, 5.41) is -0.262. The van der Waals surface area contributed by atoms with E-state index in [0.717, 1.165) is 0 Å². The lowest BCUT2D eigenvalue weighted by Gasteiger charge is -2.02. The van der Waals surface area contributed by atoms with Gasteiger partial charge >= 0.3 is 16.1 Å². The predicted molar refractivity (Wildman–Crippen MR) is 47.8 cm³/mol. The molecule has 0 bridgehead atoms. The van der Waals surface area contributed by atoms with Gasteiger partial charge in [-0.3, -0.25) is 4.79 Å². The van der Waals surface area contributed by atoms with Gasteiger partial charge in [-0.05, 0) is 12.1 Å². The Labute approximate surface area is 81.9 Å². The summed E-state index contributed by atoms with van der Waals surface area (Å²) in [6.45, 7) is 1.51. The zero-order chi connectivity index (χ0) is 10.6. The molecule has 0 radical (unpaired) electrons. The van der Waals surface area contributed by atoms with Crippen LogP contribution < -0.4 is 0 Å². The van der Waals surface area contributed by atoms with Crippen LogP contribution in [0.2, 0.25) is 0 Å². The molecule has 0 aliphatic rings. The van der Waals surface area contributed by atoms with Crippen molar-refractivity contribution in [3.8, 4) is 0 Å². The molecule has 1 aromatic rings. The van der Waals surface area contributed by atoms with Crippen molar-refractivity contribution in [3.05, 3.63) is 24.4 Å². The van der Waals surface area contributed by atoms with Gasteiger partial charge in [0.05, 0.1) is 0 Å². The smallest absolute Gasteiger partial charge is 0.341 e. The number of carbonyl (C=O) groups is 1. The molecule has 0 amide bonds. The minimum Gasteiger partial charge on any atom is -0.341 e. The summed E-state index contributed by atoms with van der Waals surface area (Å²) in [4.78, 5) is 14.3. The van der Waals surface area contributed by atoms with Gasteiger partial charge in [0.2, 0.25) is 0 Å². The van der Waals surface area contributed by atoms with Gasteiger partial charge in [0.1, 0.15) is 0 Å². The van der Waals surface area contributed by atoms with Crippen molar-refractivity contribution >= 4 is 16.1 Å². The van der Waals surface area contributed by atoms with E-state index < -0.39 is 16.1 Å². The summed E-state index contributed by atoms with van der Waals surface area (Å²) in [7, 11) is -4.03. The van der Waals surface area contributed by atoms with Crippen LogP contribution in [-0.2, 0) is 19.1 Å². The third kappa shape index (κ3) is 2.53. The first-order valence-electron chi connectivity index (χ1n) is 3.94. The van der Waals surface area contributed by atoms with Crippen molar-refractivity contribution in [2.24, 2.45) is 0 Å². The van der Waals surface area contributed by atoms with Gasteiger partial charge in [0.25, 0.3) is 0 Å². The molecule has 0 unspecified atom stereocenters. The Kier molecular flexibility index (Phi) is 3.19. The topological polar surface area (TPSA) is 73.3 Å². The second-order valence-electron chi connectivity index (χ2n) is 2.43. The number of nitrogens with zero attached hydrogens (tertiary/aromatic N) is 1. The van der Waals surface area contributed by atoms with E-state index in [2.05, 4.69) is 9.17 Å². The highest BCUT2D eigenvalue weighted by Crippen LogP contribution is 2.08. The van der Waals surface area contributed by atoms with Gasteiger partial charge in [0.15, 0.2) is 5.03 Å². The average molecular weight is 215 g/mol. The van der Waals surface area contributed by atoms with Crippen LogP contribution in [0.4, 0.5) is 0 Å². The van der Waals surface area contributed by atoms with E-state index in [1.165, 1.54) is 25.3 Å². The van der Waals surface area contributed by atoms with Crippen molar-refractivity contribution in [1.29, 1.82) is 0 Å². The van der Waals surface area contributed by atoms with Crippen LogP contribution in [0.5, 0.6) is 0 Å². The van der Waals surface area contributed by atoms with E-state index in [9.17, 15) is 13.2 Å². The molecule has 0 saturated heterocycles. The van der Waals surface area contributed by atoms with Gasteiger partial charge in [-0.25, -0.2) is 4.98 Å². The number of carbonyl (C=O) groups excluding carboxylic acids is 1. The standard InChI is InChI=1S/C8H9NO4S/c1-2-8(10)13-14(11,12)7-5-3-4-6-9-7/h3-6H,2H2,1H3. The first-order valence-corrected chi connectivity index (χ1v) is 5.35. The van der Waals surface area contributed by atoms with E-state index in [-0.39, 0.29) is 11.4 Å². The zero-order valence-corrected chi connectivity index (χ0v) is 8.32. The highest BCUT2D eigenvalue weighted by molar-refractivity contribution is 7.87. The van der Waals surface area contributed by atoms with Crippen LogP contribution in [0.1, 0.15) is 13.3 Å². The number of hydrogen-bond acceptors (Lipinski definition) is 5. The lowest BCUT2D eigenvalue weighted by molar-refractivity contribution is -0.133. The van der Waals surface area contributed by atoms with E-state index in [4.69, 9.17) is 0 Å². The number of pyridine rings is 1. The molecule has 14 heavy (non-hydrogen) atoms. The maximum absolute atomic E-state index is 11.3. The maximum atomic E-state index is 11.3. The Bertz CT molecular complexity index is 412. The second kappa shape index (κ2) is 4.19. The first kappa shape index (κ1) is 10.6. The molecular formula is C8H9NO4S. The normalized spacial score (nSPS) is 10.9. The van der Waals surface area contributed by atoms with Gasteiger partial charge < -0.3 is 4.18 Å². The Balaban J connectivity index is 2.93. The Morgan fingerprint density at radius 1 is 1.50 bits per heavy atom. The number of aromatic nitrogens is 1. The Morgan fingerprint density at radius 3 is 2.71 bits per heavy atom. The first-order chi connectivity index (χ1) is 6.56. The van der Waals surface area contributed by atoms with Crippen molar-refractivity contribution in [3.63, 3.8) is 0 Å². The summed E-state index contributed by atoms with van der Waals surface area (Å²) in [5.41, 5.74) is 0. The summed E-state index contributed by atoms with van der Waals surface area (Å²) in [5.74, 6) is -0.796. The molecule has 76 valence electrons. The molecule has 0 N–H and O–H groups in total. The van der Waals surface area contributed by atoms with E-state index >= 15 is 0 Å². The van der Waals surface area contributed by atoms with Crippen LogP contribution in [0.25, 0.3) is 0 Å². The van der Waals surface area contributed by atoms with Crippen molar-refractivity contribution in [2.45, 2.75) is 18.4 Å². The van der Waals surface area contributed by atoms with Crippen LogP contribution >= 0.6 is 0 Å². The fraction of sp³-hybridized carbons (Fsp3) is 0.250. The Morgan fingerprint density at radius 2 is 2.21 bits per heavy atom. The molecule has 0 atom stereocenters. The van der Waals surface area contributed by atoms with Gasteiger partial charge in [-0.2, -0.15) is 8.42 Å². The van der Waals surface area contributed by atoms with E-state index in [1.807, 2.05) is 0 Å². The monoisotopic (exact) mass is 215 g/mol. The van der Waals surface area contributed by atoms with Crippen LogP contribution in [0.15, 0.2) is 29.4 Å². The summed E-state index contributed by atoms with van der Waals surface area (Å²) >= 11 is 0.